The summed E-state index contributed by atoms with van der Waals surface area (Å²) in [6, 6.07) is 0.745. The average molecular weight is 320 g/mol. The molecule has 1 saturated carbocycles. The summed E-state index contributed by atoms with van der Waals surface area (Å²) in [7, 11) is 3.48. The number of carbonyl (C=O) groups excluding carboxylic acids is 1. The van der Waals surface area contributed by atoms with E-state index in [9.17, 15) is 4.79 Å². The molecule has 1 aromatic heterocycles. The van der Waals surface area contributed by atoms with Crippen LogP contribution in [0.15, 0.2) is 6.20 Å². The number of hydrogen-bond donors (Lipinski definition) is 0. The summed E-state index contributed by atoms with van der Waals surface area (Å²) in [4.78, 5) is 17.5. The SMILES string of the molecule is COCc1nn(C)cc1C(=O)N1CCN(C2CCC2)CC(C)C1. The van der Waals surface area contributed by atoms with E-state index in [0.29, 0.717) is 18.1 Å². The highest BCUT2D eigenvalue weighted by molar-refractivity contribution is 5.95. The minimum Gasteiger partial charge on any atom is -0.378 e. The molecule has 1 saturated heterocycles. The number of methoxy groups -OCH3 is 1. The van der Waals surface area contributed by atoms with E-state index >= 15 is 0 Å². The lowest BCUT2D eigenvalue weighted by Gasteiger charge is -2.37. The van der Waals surface area contributed by atoms with Gasteiger partial charge in [-0.05, 0) is 18.8 Å². The van der Waals surface area contributed by atoms with Crippen LogP contribution in [0, 0.1) is 5.92 Å². The first-order valence-corrected chi connectivity index (χ1v) is 8.63. The fraction of sp³-hybridized carbons (Fsp3) is 0.765. The zero-order chi connectivity index (χ0) is 16.4. The van der Waals surface area contributed by atoms with E-state index in [-0.39, 0.29) is 5.91 Å². The Labute approximate surface area is 138 Å². The fourth-order valence-electron chi connectivity index (χ4n) is 3.66. The molecule has 23 heavy (non-hydrogen) atoms. The minimum atomic E-state index is 0.0902. The van der Waals surface area contributed by atoms with E-state index in [4.69, 9.17) is 4.74 Å². The lowest BCUT2D eigenvalue weighted by Crippen LogP contribution is -2.43. The van der Waals surface area contributed by atoms with Crippen LogP contribution in [0.4, 0.5) is 0 Å². The number of carbonyl (C=O) groups is 1. The standard InChI is InChI=1S/C17H28N4O2/c1-13-9-20(14-5-4-6-14)7-8-21(10-13)17(22)15-11-19(2)18-16(15)12-23-3/h11,13-14H,4-10,12H2,1-3H3. The van der Waals surface area contributed by atoms with E-state index in [1.807, 2.05) is 18.1 Å². The topological polar surface area (TPSA) is 50.6 Å². The number of amides is 1. The Hall–Kier alpha value is -1.40. The van der Waals surface area contributed by atoms with Gasteiger partial charge in [-0.1, -0.05) is 13.3 Å². The van der Waals surface area contributed by atoms with Crippen LogP contribution in [-0.2, 0) is 18.4 Å². The summed E-state index contributed by atoms with van der Waals surface area (Å²) in [6.45, 7) is 6.34. The van der Waals surface area contributed by atoms with Gasteiger partial charge in [0.15, 0.2) is 0 Å². The second-order valence-corrected chi connectivity index (χ2v) is 7.03. The quantitative estimate of drug-likeness (QED) is 0.844. The molecule has 6 nitrogen and oxygen atoms in total. The molecule has 1 atom stereocenters. The van der Waals surface area contributed by atoms with Crippen molar-refractivity contribution in [2.45, 2.75) is 38.8 Å². The second-order valence-electron chi connectivity index (χ2n) is 7.03. The Bertz CT molecular complexity index is 553. The molecule has 1 unspecified atom stereocenters. The van der Waals surface area contributed by atoms with Crippen LogP contribution in [-0.4, -0.2) is 64.8 Å². The third kappa shape index (κ3) is 3.58. The van der Waals surface area contributed by atoms with Crippen molar-refractivity contribution in [2.24, 2.45) is 13.0 Å². The normalized spacial score (nSPS) is 23.6. The van der Waals surface area contributed by atoms with Crippen molar-refractivity contribution >= 4 is 5.91 Å². The third-order valence-corrected chi connectivity index (χ3v) is 5.03. The van der Waals surface area contributed by atoms with E-state index in [2.05, 4.69) is 16.9 Å². The maximum Gasteiger partial charge on any atom is 0.257 e. The summed E-state index contributed by atoms with van der Waals surface area (Å²) in [5, 5.41) is 4.36. The van der Waals surface area contributed by atoms with Gasteiger partial charge >= 0.3 is 0 Å². The lowest BCUT2D eigenvalue weighted by molar-refractivity contribution is 0.0738. The Morgan fingerprint density at radius 3 is 2.78 bits per heavy atom. The molecule has 128 valence electrons. The van der Waals surface area contributed by atoms with Crippen LogP contribution in [0.1, 0.15) is 42.2 Å². The van der Waals surface area contributed by atoms with Gasteiger partial charge in [0.25, 0.3) is 5.91 Å². The Kier molecular flexibility index (Phi) is 5.02. The molecule has 0 spiro atoms. The first-order chi connectivity index (χ1) is 11.1. The van der Waals surface area contributed by atoms with Gasteiger partial charge in [0.1, 0.15) is 5.69 Å². The van der Waals surface area contributed by atoms with Crippen molar-refractivity contribution in [3.05, 3.63) is 17.5 Å². The Morgan fingerprint density at radius 2 is 2.13 bits per heavy atom. The Morgan fingerprint density at radius 1 is 1.35 bits per heavy atom. The molecule has 1 aromatic rings. The second kappa shape index (κ2) is 7.01. The fourth-order valence-corrected chi connectivity index (χ4v) is 3.66. The van der Waals surface area contributed by atoms with Crippen LogP contribution in [0.25, 0.3) is 0 Å². The van der Waals surface area contributed by atoms with Crippen LogP contribution in [0.3, 0.4) is 0 Å². The predicted octanol–water partition coefficient (Wildman–Crippen LogP) is 1.51. The smallest absolute Gasteiger partial charge is 0.257 e. The summed E-state index contributed by atoms with van der Waals surface area (Å²) >= 11 is 0. The minimum absolute atomic E-state index is 0.0902. The van der Waals surface area contributed by atoms with Crippen molar-refractivity contribution < 1.29 is 9.53 Å². The number of nitrogens with zero attached hydrogens (tertiary/aromatic N) is 4. The molecule has 2 heterocycles. The van der Waals surface area contributed by atoms with E-state index in [1.54, 1.807) is 11.8 Å². The molecule has 3 rings (SSSR count). The molecule has 0 radical (unpaired) electrons. The number of hydrogen-bond acceptors (Lipinski definition) is 4. The van der Waals surface area contributed by atoms with Gasteiger partial charge in [0.2, 0.25) is 0 Å². The summed E-state index contributed by atoms with van der Waals surface area (Å²) in [5.74, 6) is 0.594. The maximum atomic E-state index is 13.0. The lowest BCUT2D eigenvalue weighted by atomic mass is 9.91. The molecule has 1 aliphatic carbocycles. The van der Waals surface area contributed by atoms with Crippen LogP contribution in [0.2, 0.25) is 0 Å². The molecule has 0 N–H and O–H groups in total. The zero-order valence-electron chi connectivity index (χ0n) is 14.5. The van der Waals surface area contributed by atoms with Gasteiger partial charge in [0, 0.05) is 52.6 Å². The highest BCUT2D eigenvalue weighted by Crippen LogP contribution is 2.27. The van der Waals surface area contributed by atoms with Gasteiger partial charge in [-0.3, -0.25) is 14.4 Å². The number of aryl methyl sites for hydroxylation is 1. The summed E-state index contributed by atoms with van der Waals surface area (Å²) < 4.78 is 6.88. The van der Waals surface area contributed by atoms with Crippen LogP contribution >= 0.6 is 0 Å². The van der Waals surface area contributed by atoms with Crippen LogP contribution < -0.4 is 0 Å². The molecular formula is C17H28N4O2. The van der Waals surface area contributed by atoms with Gasteiger partial charge in [-0.25, -0.2) is 0 Å². The third-order valence-electron chi connectivity index (χ3n) is 5.03. The van der Waals surface area contributed by atoms with Gasteiger partial charge in [0.05, 0.1) is 12.2 Å². The molecule has 1 aliphatic heterocycles. The number of rotatable bonds is 4. The van der Waals surface area contributed by atoms with Gasteiger partial charge in [-0.2, -0.15) is 5.10 Å². The highest BCUT2D eigenvalue weighted by atomic mass is 16.5. The predicted molar refractivity (Wildman–Crippen MR) is 88.2 cm³/mol. The zero-order valence-corrected chi connectivity index (χ0v) is 14.5. The first-order valence-electron chi connectivity index (χ1n) is 8.63. The van der Waals surface area contributed by atoms with Crippen LogP contribution in [0.5, 0.6) is 0 Å². The Balaban J connectivity index is 1.71. The van der Waals surface area contributed by atoms with Crippen molar-refractivity contribution in [3.8, 4) is 0 Å². The van der Waals surface area contributed by atoms with Gasteiger partial charge in [-0.15, -0.1) is 0 Å². The number of ether oxygens (including phenoxy) is 1. The van der Waals surface area contributed by atoms with E-state index in [1.165, 1.54) is 19.3 Å². The maximum absolute atomic E-state index is 13.0. The molecule has 2 fully saturated rings. The van der Waals surface area contributed by atoms with Crippen molar-refractivity contribution in [1.29, 1.82) is 0 Å². The molecule has 0 bridgehead atoms. The molecule has 1 amide bonds. The van der Waals surface area contributed by atoms with Gasteiger partial charge < -0.3 is 9.64 Å². The first kappa shape index (κ1) is 16.5. The largest absolute Gasteiger partial charge is 0.378 e. The molecule has 0 aromatic carbocycles. The van der Waals surface area contributed by atoms with Crippen molar-refractivity contribution in [1.82, 2.24) is 19.6 Å². The van der Waals surface area contributed by atoms with Crippen molar-refractivity contribution in [2.75, 3.05) is 33.3 Å². The molecule has 6 heteroatoms. The van der Waals surface area contributed by atoms with E-state index < -0.39 is 0 Å². The number of aromatic nitrogens is 2. The monoisotopic (exact) mass is 320 g/mol. The van der Waals surface area contributed by atoms with E-state index in [0.717, 1.165) is 37.9 Å². The molecular weight excluding hydrogens is 292 g/mol. The average Bonchev–Trinajstić information content (AvgIpc) is 2.70. The molecule has 2 aliphatic rings. The summed E-state index contributed by atoms with van der Waals surface area (Å²) in [5.41, 5.74) is 1.41. The summed E-state index contributed by atoms with van der Waals surface area (Å²) in [6.07, 6.45) is 5.81. The van der Waals surface area contributed by atoms with Crippen molar-refractivity contribution in [3.63, 3.8) is 0 Å². The highest BCUT2D eigenvalue weighted by Gasteiger charge is 2.31.